The average Bonchev–Trinajstić information content (AvgIpc) is 2.59. The third-order valence-corrected chi connectivity index (χ3v) is 2.67. The van der Waals surface area contributed by atoms with Crippen LogP contribution in [0.25, 0.3) is 0 Å². The number of nitrogen functional groups attached to an aromatic ring is 1. The largest absolute Gasteiger partial charge is 0.461 e. The van der Waals surface area contributed by atoms with Gasteiger partial charge in [0, 0.05) is 13.6 Å². The molecule has 0 radical (unpaired) electrons. The number of esters is 1. The summed E-state index contributed by atoms with van der Waals surface area (Å²) in [6.45, 7) is 3.22. The van der Waals surface area contributed by atoms with Gasteiger partial charge in [-0.25, -0.2) is 4.79 Å². The third kappa shape index (κ3) is 3.46. The van der Waals surface area contributed by atoms with E-state index in [9.17, 15) is 4.79 Å². The van der Waals surface area contributed by atoms with Crippen LogP contribution >= 0.6 is 0 Å². The van der Waals surface area contributed by atoms with Crippen LogP contribution in [0.2, 0.25) is 0 Å². The minimum absolute atomic E-state index is 0.344. The Morgan fingerprint density at radius 2 is 2.17 bits per heavy atom. The van der Waals surface area contributed by atoms with E-state index in [0.717, 1.165) is 18.7 Å². The minimum Gasteiger partial charge on any atom is -0.461 e. The number of aromatic nitrogens is 2. The van der Waals surface area contributed by atoms with Crippen molar-refractivity contribution in [3.63, 3.8) is 0 Å². The Morgan fingerprint density at radius 1 is 1.50 bits per heavy atom. The zero-order chi connectivity index (χ0) is 13.7. The molecule has 0 amide bonds. The molecule has 0 saturated heterocycles. The van der Waals surface area contributed by atoms with Gasteiger partial charge < -0.3 is 15.4 Å². The maximum absolute atomic E-state index is 11.9. The highest BCUT2D eigenvalue weighted by Crippen LogP contribution is 2.17. The molecule has 6 heteroatoms. The molecule has 2 N–H and O–H groups in total. The summed E-state index contributed by atoms with van der Waals surface area (Å²) in [6, 6.07) is 0. The quantitative estimate of drug-likeness (QED) is 0.597. The van der Waals surface area contributed by atoms with Crippen molar-refractivity contribution in [2.24, 2.45) is 7.05 Å². The van der Waals surface area contributed by atoms with Gasteiger partial charge in [-0.05, 0) is 26.9 Å². The van der Waals surface area contributed by atoms with Crippen molar-refractivity contribution in [3.8, 4) is 0 Å². The third-order valence-electron chi connectivity index (χ3n) is 2.67. The number of ether oxygens (including phenoxy) is 1. The van der Waals surface area contributed by atoms with Crippen LogP contribution in [-0.4, -0.2) is 47.9 Å². The number of carbonyl (C=O) groups is 1. The number of rotatable bonds is 6. The molecular weight excluding hydrogens is 232 g/mol. The standard InChI is InChI=1S/C12H22N4O2/c1-5-9-10(13)11(16(4)14-9)12(17)18-8-6-7-15(2)3/h5-8,13H2,1-4H3. The Morgan fingerprint density at radius 3 is 2.67 bits per heavy atom. The van der Waals surface area contributed by atoms with Crippen molar-refractivity contribution >= 4 is 11.7 Å². The lowest BCUT2D eigenvalue weighted by Crippen LogP contribution is -2.18. The number of nitrogens with two attached hydrogens (primary N) is 1. The minimum atomic E-state index is -0.402. The van der Waals surface area contributed by atoms with E-state index in [1.165, 1.54) is 4.68 Å². The molecule has 0 aliphatic rings. The van der Waals surface area contributed by atoms with Gasteiger partial charge in [0.1, 0.15) is 0 Å². The number of hydrogen-bond donors (Lipinski definition) is 1. The summed E-state index contributed by atoms with van der Waals surface area (Å²) < 4.78 is 6.68. The maximum atomic E-state index is 11.9. The summed E-state index contributed by atoms with van der Waals surface area (Å²) in [7, 11) is 5.66. The first-order chi connectivity index (χ1) is 8.47. The fourth-order valence-corrected chi connectivity index (χ4v) is 1.71. The van der Waals surface area contributed by atoms with E-state index in [1.54, 1.807) is 7.05 Å². The molecule has 102 valence electrons. The van der Waals surface area contributed by atoms with Gasteiger partial charge in [-0.1, -0.05) is 6.92 Å². The molecule has 18 heavy (non-hydrogen) atoms. The number of nitrogens with zero attached hydrogens (tertiary/aromatic N) is 3. The lowest BCUT2D eigenvalue weighted by molar-refractivity contribution is 0.0482. The van der Waals surface area contributed by atoms with Crippen molar-refractivity contribution in [2.75, 3.05) is 33.0 Å². The summed E-state index contributed by atoms with van der Waals surface area (Å²) >= 11 is 0. The first-order valence-corrected chi connectivity index (χ1v) is 6.10. The normalized spacial score (nSPS) is 10.9. The predicted molar refractivity (Wildman–Crippen MR) is 70.5 cm³/mol. The van der Waals surface area contributed by atoms with E-state index in [-0.39, 0.29) is 0 Å². The van der Waals surface area contributed by atoms with Crippen molar-refractivity contribution in [1.29, 1.82) is 0 Å². The van der Waals surface area contributed by atoms with Crippen LogP contribution in [0.15, 0.2) is 0 Å². The van der Waals surface area contributed by atoms with Crippen LogP contribution in [0.1, 0.15) is 29.5 Å². The Kier molecular flexibility index (Phi) is 5.15. The summed E-state index contributed by atoms with van der Waals surface area (Å²) in [4.78, 5) is 13.9. The molecule has 0 unspecified atom stereocenters. The monoisotopic (exact) mass is 254 g/mol. The molecule has 0 spiro atoms. The molecule has 6 nitrogen and oxygen atoms in total. The number of aryl methyl sites for hydroxylation is 2. The van der Waals surface area contributed by atoms with Gasteiger partial charge in [0.2, 0.25) is 0 Å². The molecular formula is C12H22N4O2. The average molecular weight is 254 g/mol. The SMILES string of the molecule is CCc1nn(C)c(C(=O)OCCCN(C)C)c1N. The van der Waals surface area contributed by atoms with Crippen molar-refractivity contribution in [3.05, 3.63) is 11.4 Å². The molecule has 1 aromatic rings. The second-order valence-electron chi connectivity index (χ2n) is 4.48. The van der Waals surface area contributed by atoms with Crippen molar-refractivity contribution < 1.29 is 9.53 Å². The van der Waals surface area contributed by atoms with E-state index in [2.05, 4.69) is 5.10 Å². The molecule has 1 rings (SSSR count). The van der Waals surface area contributed by atoms with Crippen molar-refractivity contribution in [2.45, 2.75) is 19.8 Å². The number of anilines is 1. The highest BCUT2D eigenvalue weighted by Gasteiger charge is 2.20. The Labute approximate surface area is 108 Å². The lowest BCUT2D eigenvalue weighted by Gasteiger charge is -2.09. The summed E-state index contributed by atoms with van der Waals surface area (Å²) in [5.41, 5.74) is 7.38. The molecule has 0 atom stereocenters. The highest BCUT2D eigenvalue weighted by atomic mass is 16.5. The van der Waals surface area contributed by atoms with Gasteiger partial charge in [-0.3, -0.25) is 4.68 Å². The van der Waals surface area contributed by atoms with E-state index in [0.29, 0.717) is 24.4 Å². The van der Waals surface area contributed by atoms with E-state index in [4.69, 9.17) is 10.5 Å². The molecule has 0 aromatic carbocycles. The maximum Gasteiger partial charge on any atom is 0.358 e. The Bertz CT molecular complexity index is 412. The molecule has 0 saturated carbocycles. The topological polar surface area (TPSA) is 73.4 Å². The second-order valence-corrected chi connectivity index (χ2v) is 4.48. The first kappa shape index (κ1) is 14.5. The highest BCUT2D eigenvalue weighted by molar-refractivity contribution is 5.93. The second kappa shape index (κ2) is 6.39. The van der Waals surface area contributed by atoms with Crippen LogP contribution in [0.5, 0.6) is 0 Å². The van der Waals surface area contributed by atoms with Gasteiger partial charge >= 0.3 is 5.97 Å². The summed E-state index contributed by atoms with van der Waals surface area (Å²) in [5, 5.41) is 4.19. The molecule has 0 aliphatic carbocycles. The molecule has 0 bridgehead atoms. The van der Waals surface area contributed by atoms with Crippen LogP contribution in [0, 0.1) is 0 Å². The zero-order valence-corrected chi connectivity index (χ0v) is 11.6. The molecule has 0 aliphatic heterocycles. The van der Waals surface area contributed by atoms with Gasteiger partial charge in [-0.2, -0.15) is 5.10 Å². The van der Waals surface area contributed by atoms with E-state index in [1.807, 2.05) is 25.9 Å². The fourth-order valence-electron chi connectivity index (χ4n) is 1.71. The Balaban J connectivity index is 2.59. The molecule has 1 aromatic heterocycles. The fraction of sp³-hybridized carbons (Fsp3) is 0.667. The van der Waals surface area contributed by atoms with Crippen LogP contribution < -0.4 is 5.73 Å². The zero-order valence-electron chi connectivity index (χ0n) is 11.6. The molecule has 0 fully saturated rings. The Hall–Kier alpha value is -1.56. The van der Waals surface area contributed by atoms with Crippen LogP contribution in [0.3, 0.4) is 0 Å². The van der Waals surface area contributed by atoms with E-state index >= 15 is 0 Å². The summed E-state index contributed by atoms with van der Waals surface area (Å²) in [6.07, 6.45) is 1.50. The smallest absolute Gasteiger partial charge is 0.358 e. The van der Waals surface area contributed by atoms with Gasteiger partial charge in [0.15, 0.2) is 5.69 Å². The van der Waals surface area contributed by atoms with Crippen LogP contribution in [-0.2, 0) is 18.2 Å². The summed E-state index contributed by atoms with van der Waals surface area (Å²) in [5.74, 6) is -0.402. The van der Waals surface area contributed by atoms with E-state index < -0.39 is 5.97 Å². The van der Waals surface area contributed by atoms with Crippen molar-refractivity contribution in [1.82, 2.24) is 14.7 Å². The predicted octanol–water partition coefficient (Wildman–Crippen LogP) is 0.673. The lowest BCUT2D eigenvalue weighted by atomic mass is 10.2. The van der Waals surface area contributed by atoms with Crippen LogP contribution in [0.4, 0.5) is 5.69 Å². The number of hydrogen-bond acceptors (Lipinski definition) is 5. The van der Waals surface area contributed by atoms with Gasteiger partial charge in [0.05, 0.1) is 18.0 Å². The number of carbonyl (C=O) groups excluding carboxylic acids is 1. The first-order valence-electron chi connectivity index (χ1n) is 6.10. The van der Waals surface area contributed by atoms with Gasteiger partial charge in [-0.15, -0.1) is 0 Å². The molecule has 1 heterocycles. The van der Waals surface area contributed by atoms with Gasteiger partial charge in [0.25, 0.3) is 0 Å².